The Morgan fingerprint density at radius 2 is 2.06 bits per heavy atom. The van der Waals surface area contributed by atoms with Gasteiger partial charge in [-0.05, 0) is 69.8 Å². The van der Waals surface area contributed by atoms with Crippen molar-refractivity contribution in [2.45, 2.75) is 19.8 Å². The highest BCUT2D eigenvalue weighted by Crippen LogP contribution is 2.27. The second kappa shape index (κ2) is 6.26. The smallest absolute Gasteiger partial charge is 0.0942 e. The fourth-order valence-electron chi connectivity index (χ4n) is 1.83. The minimum absolute atomic E-state index is 0.982. The van der Waals surface area contributed by atoms with Crippen LogP contribution in [0.2, 0.25) is 0 Å². The third-order valence-corrected chi connectivity index (χ3v) is 4.39. The maximum atomic E-state index is 2.41. The van der Waals surface area contributed by atoms with Crippen LogP contribution >= 0.6 is 45.2 Å². The zero-order valence-corrected chi connectivity index (χ0v) is 14.2. The molecule has 0 unspecified atom stereocenters. The largest absolute Gasteiger partial charge is 0.358 e. The van der Waals surface area contributed by atoms with Crippen molar-refractivity contribution in [2.24, 2.45) is 0 Å². The Morgan fingerprint density at radius 1 is 1.24 bits per heavy atom. The van der Waals surface area contributed by atoms with Crippen LogP contribution in [0, 0.1) is 7.14 Å². The van der Waals surface area contributed by atoms with Crippen molar-refractivity contribution < 1.29 is 0 Å². The van der Waals surface area contributed by atoms with E-state index in [0.29, 0.717) is 0 Å². The first-order valence-electron chi connectivity index (χ1n) is 5.85. The van der Waals surface area contributed by atoms with Crippen molar-refractivity contribution in [3.63, 3.8) is 0 Å². The highest BCUT2D eigenvalue weighted by Gasteiger charge is 2.15. The summed E-state index contributed by atoms with van der Waals surface area (Å²) < 4.78 is 2.60. The molecule has 2 nitrogen and oxygen atoms in total. The molecule has 1 aromatic rings. The average molecular weight is 454 g/mol. The monoisotopic (exact) mass is 454 g/mol. The van der Waals surface area contributed by atoms with Crippen LogP contribution in [0.25, 0.3) is 0 Å². The van der Waals surface area contributed by atoms with Gasteiger partial charge in [0.25, 0.3) is 0 Å². The van der Waals surface area contributed by atoms with Gasteiger partial charge in [0, 0.05) is 26.1 Å². The number of anilines is 1. The Hall–Kier alpha value is 0.0200. The third kappa shape index (κ3) is 3.49. The van der Waals surface area contributed by atoms with Crippen LogP contribution in [0.5, 0.6) is 0 Å². The van der Waals surface area contributed by atoms with Gasteiger partial charge in [0.1, 0.15) is 0 Å². The van der Waals surface area contributed by atoms with Gasteiger partial charge >= 0.3 is 0 Å². The van der Waals surface area contributed by atoms with Crippen LogP contribution in [0.3, 0.4) is 0 Å². The Morgan fingerprint density at radius 3 is 2.82 bits per heavy atom. The molecule has 0 spiro atoms. The van der Waals surface area contributed by atoms with E-state index >= 15 is 0 Å². The molecule has 0 atom stereocenters. The SMILES string of the molecule is CCCCN1C=CN(c2cc(I)ccc2I)C1. The molecule has 0 aliphatic carbocycles. The minimum Gasteiger partial charge on any atom is -0.358 e. The Balaban J connectivity index is 2.05. The molecule has 0 aromatic heterocycles. The van der Waals surface area contributed by atoms with E-state index in [1.54, 1.807) is 0 Å². The summed E-state index contributed by atoms with van der Waals surface area (Å²) in [5.41, 5.74) is 1.31. The molecule has 0 saturated heterocycles. The summed E-state index contributed by atoms with van der Waals surface area (Å²) >= 11 is 4.77. The summed E-state index contributed by atoms with van der Waals surface area (Å²) in [6.45, 7) is 4.38. The van der Waals surface area contributed by atoms with Crippen LogP contribution in [-0.2, 0) is 0 Å². The summed E-state index contributed by atoms with van der Waals surface area (Å²) in [5, 5.41) is 0. The zero-order valence-electron chi connectivity index (χ0n) is 9.87. The molecule has 0 N–H and O–H groups in total. The van der Waals surface area contributed by atoms with E-state index in [-0.39, 0.29) is 0 Å². The van der Waals surface area contributed by atoms with Crippen molar-refractivity contribution in [3.05, 3.63) is 37.7 Å². The van der Waals surface area contributed by atoms with E-state index in [2.05, 4.69) is 92.5 Å². The highest BCUT2D eigenvalue weighted by atomic mass is 127. The lowest BCUT2D eigenvalue weighted by molar-refractivity contribution is 0.396. The lowest BCUT2D eigenvalue weighted by Gasteiger charge is -2.22. The van der Waals surface area contributed by atoms with Gasteiger partial charge in [0.15, 0.2) is 0 Å². The molecule has 1 aliphatic rings. The fraction of sp³-hybridized carbons (Fsp3) is 0.385. The van der Waals surface area contributed by atoms with Gasteiger partial charge in [0.05, 0.1) is 12.4 Å². The molecule has 1 aromatic carbocycles. The van der Waals surface area contributed by atoms with E-state index in [1.165, 1.54) is 25.7 Å². The Labute approximate surface area is 130 Å². The van der Waals surface area contributed by atoms with Crippen LogP contribution in [0.15, 0.2) is 30.6 Å². The Bertz CT molecular complexity index is 418. The highest BCUT2D eigenvalue weighted by molar-refractivity contribution is 14.1. The molecule has 1 heterocycles. The molecule has 0 fully saturated rings. The second-order valence-electron chi connectivity index (χ2n) is 4.17. The van der Waals surface area contributed by atoms with Crippen LogP contribution in [0.4, 0.5) is 5.69 Å². The standard InChI is InChI=1S/C13H16I2N2/c1-2-3-6-16-7-8-17(10-16)13-9-11(14)4-5-12(13)15/h4-5,7-9H,2-3,6,10H2,1H3. The van der Waals surface area contributed by atoms with Crippen LogP contribution in [0.1, 0.15) is 19.8 Å². The van der Waals surface area contributed by atoms with Gasteiger partial charge in [0.2, 0.25) is 0 Å². The number of hydrogen-bond donors (Lipinski definition) is 0. The zero-order chi connectivity index (χ0) is 12.3. The number of nitrogens with zero attached hydrogens (tertiary/aromatic N) is 2. The van der Waals surface area contributed by atoms with Gasteiger partial charge in [-0.1, -0.05) is 13.3 Å². The number of rotatable bonds is 4. The molecular formula is C13H16I2N2. The Kier molecular flexibility index (Phi) is 4.96. The molecule has 0 radical (unpaired) electrons. The predicted molar refractivity (Wildman–Crippen MR) is 90.0 cm³/mol. The van der Waals surface area contributed by atoms with Gasteiger partial charge in [-0.2, -0.15) is 0 Å². The van der Waals surface area contributed by atoms with E-state index in [1.807, 2.05) is 0 Å². The first-order valence-corrected chi connectivity index (χ1v) is 8.00. The fourth-order valence-corrected chi connectivity index (χ4v) is 2.95. The first-order chi connectivity index (χ1) is 8.20. The minimum atomic E-state index is 0.982. The van der Waals surface area contributed by atoms with Gasteiger partial charge in [-0.15, -0.1) is 0 Å². The summed E-state index contributed by atoms with van der Waals surface area (Å²) in [6.07, 6.45) is 6.90. The van der Waals surface area contributed by atoms with E-state index in [4.69, 9.17) is 0 Å². The molecular weight excluding hydrogens is 438 g/mol. The number of hydrogen-bond acceptors (Lipinski definition) is 2. The summed E-state index contributed by atoms with van der Waals surface area (Å²) in [7, 11) is 0. The van der Waals surface area contributed by atoms with E-state index in [0.717, 1.165) is 13.2 Å². The first kappa shape index (κ1) is 13.5. The molecule has 0 bridgehead atoms. The average Bonchev–Trinajstić information content (AvgIpc) is 2.78. The topological polar surface area (TPSA) is 6.48 Å². The maximum Gasteiger partial charge on any atom is 0.0942 e. The second-order valence-corrected chi connectivity index (χ2v) is 6.58. The van der Waals surface area contributed by atoms with E-state index < -0.39 is 0 Å². The molecule has 0 amide bonds. The molecule has 2 rings (SSSR count). The molecule has 0 saturated carbocycles. The lowest BCUT2D eigenvalue weighted by atomic mass is 10.3. The number of unbranched alkanes of at least 4 members (excludes halogenated alkanes) is 1. The lowest BCUT2D eigenvalue weighted by Crippen LogP contribution is -2.26. The number of benzene rings is 1. The maximum absolute atomic E-state index is 2.41. The van der Waals surface area contributed by atoms with Crippen molar-refractivity contribution in [3.8, 4) is 0 Å². The molecule has 4 heteroatoms. The van der Waals surface area contributed by atoms with Crippen molar-refractivity contribution in [1.82, 2.24) is 4.90 Å². The predicted octanol–water partition coefficient (Wildman–Crippen LogP) is 4.25. The van der Waals surface area contributed by atoms with Gasteiger partial charge in [-0.3, -0.25) is 0 Å². The van der Waals surface area contributed by atoms with Crippen molar-refractivity contribution >= 4 is 50.9 Å². The normalized spacial score (nSPS) is 14.8. The van der Waals surface area contributed by atoms with E-state index in [9.17, 15) is 0 Å². The van der Waals surface area contributed by atoms with Gasteiger partial charge in [-0.25, -0.2) is 0 Å². The quantitative estimate of drug-likeness (QED) is 0.629. The molecule has 17 heavy (non-hydrogen) atoms. The third-order valence-electron chi connectivity index (χ3n) is 2.81. The molecule has 1 aliphatic heterocycles. The van der Waals surface area contributed by atoms with Crippen molar-refractivity contribution in [2.75, 3.05) is 18.1 Å². The molecule has 92 valence electrons. The summed E-state index contributed by atoms with van der Waals surface area (Å²) in [4.78, 5) is 4.69. The van der Waals surface area contributed by atoms with Crippen LogP contribution in [-0.4, -0.2) is 18.1 Å². The van der Waals surface area contributed by atoms with Crippen molar-refractivity contribution in [1.29, 1.82) is 0 Å². The summed E-state index contributed by atoms with van der Waals surface area (Å²) in [5.74, 6) is 0. The summed E-state index contributed by atoms with van der Waals surface area (Å²) in [6, 6.07) is 6.58. The van der Waals surface area contributed by atoms with Crippen LogP contribution < -0.4 is 4.90 Å². The number of halogens is 2. The van der Waals surface area contributed by atoms with Gasteiger partial charge < -0.3 is 9.80 Å².